The van der Waals surface area contributed by atoms with Crippen LogP contribution in [0.25, 0.3) is 21.3 Å². The highest BCUT2D eigenvalue weighted by Crippen LogP contribution is 2.32. The Balaban J connectivity index is 1.48. The number of nitrogens with one attached hydrogen (secondary N) is 1. The first kappa shape index (κ1) is 31.7. The molecule has 0 bridgehead atoms. The minimum absolute atomic E-state index is 0.00345. The number of aryl methyl sites for hydroxylation is 1. The lowest BCUT2D eigenvalue weighted by molar-refractivity contribution is -0.116. The van der Waals surface area contributed by atoms with Crippen LogP contribution in [0.15, 0.2) is 92.2 Å². The zero-order chi connectivity index (χ0) is 32.1. The zero-order valence-corrected chi connectivity index (χ0v) is 26.5. The molecule has 0 radical (unpaired) electrons. The summed E-state index contributed by atoms with van der Waals surface area (Å²) in [6, 6.07) is 17.1. The summed E-state index contributed by atoms with van der Waals surface area (Å²) in [4.78, 5) is 62.1. The molecule has 232 valence electrons. The van der Waals surface area contributed by atoms with Gasteiger partial charge in [0.05, 0.1) is 24.3 Å². The highest BCUT2D eigenvalue weighted by Gasteiger charge is 2.25. The number of ether oxygens (including phenoxy) is 1. The fourth-order valence-corrected chi connectivity index (χ4v) is 6.73. The Bertz CT molecular complexity index is 2030. The second-order valence-corrected chi connectivity index (χ2v) is 12.0. The molecule has 3 N–H and O–H groups in total. The molecular weight excluding hydrogens is 613 g/mol. The molecule has 5 rings (SSSR count). The Labute approximate surface area is 266 Å². The number of hydrogen-bond acceptors (Lipinski definition) is 9. The van der Waals surface area contributed by atoms with Gasteiger partial charge in [0, 0.05) is 31.1 Å². The number of benzene rings is 2. The van der Waals surface area contributed by atoms with Gasteiger partial charge >= 0.3 is 5.69 Å². The van der Waals surface area contributed by atoms with E-state index in [1.165, 1.54) is 32.5 Å². The number of thioether (sulfide) groups is 1. The van der Waals surface area contributed by atoms with Gasteiger partial charge < -0.3 is 15.4 Å². The molecule has 13 heteroatoms. The van der Waals surface area contributed by atoms with E-state index >= 15 is 0 Å². The summed E-state index contributed by atoms with van der Waals surface area (Å²) in [5.74, 6) is -0.802. The first-order valence-corrected chi connectivity index (χ1v) is 15.9. The minimum atomic E-state index is -0.790. The molecule has 0 atom stereocenters. The molecule has 2 aromatic carbocycles. The van der Waals surface area contributed by atoms with E-state index in [0.717, 1.165) is 34.0 Å². The third-order valence-electron chi connectivity index (χ3n) is 7.15. The van der Waals surface area contributed by atoms with Gasteiger partial charge in [0.2, 0.25) is 5.91 Å². The summed E-state index contributed by atoms with van der Waals surface area (Å²) in [6.45, 7) is 6.19. The van der Waals surface area contributed by atoms with E-state index in [1.807, 2.05) is 66.9 Å². The Morgan fingerprint density at radius 3 is 2.56 bits per heavy atom. The molecule has 0 saturated carbocycles. The predicted molar refractivity (Wildman–Crippen MR) is 180 cm³/mol. The molecule has 45 heavy (non-hydrogen) atoms. The largest absolute Gasteiger partial charge is 0.383 e. The van der Waals surface area contributed by atoms with Gasteiger partial charge in [0.1, 0.15) is 10.6 Å². The third-order valence-corrected chi connectivity index (χ3v) is 8.98. The van der Waals surface area contributed by atoms with E-state index in [4.69, 9.17) is 15.5 Å². The standard InChI is InChI=1S/C32H32N6O5S2/c1-4-14-37-30(41)25-23(22-12-10-20(2)11-13-22)18-44-29(25)35-32(37)45-19-24(39)36(15-16-43-3)26-27(33)38(31(42)34-28(26)40)17-21-8-6-5-7-9-21/h4-13,18H,1,14-17,19,33H2,2-3H3,(H,34,40,42). The third kappa shape index (κ3) is 6.70. The van der Waals surface area contributed by atoms with Crippen LogP contribution >= 0.6 is 23.1 Å². The lowest BCUT2D eigenvalue weighted by atomic mass is 10.1. The number of fused-ring (bicyclic) bond motifs is 1. The van der Waals surface area contributed by atoms with Crippen molar-refractivity contribution in [3.8, 4) is 11.1 Å². The molecule has 0 unspecified atom stereocenters. The molecule has 0 aliphatic rings. The second kappa shape index (κ2) is 13.9. The van der Waals surface area contributed by atoms with Crippen LogP contribution in [-0.2, 0) is 22.6 Å². The highest BCUT2D eigenvalue weighted by molar-refractivity contribution is 7.99. The van der Waals surface area contributed by atoms with E-state index in [1.54, 1.807) is 6.08 Å². The van der Waals surface area contributed by atoms with Crippen LogP contribution in [0.2, 0.25) is 0 Å². The maximum atomic E-state index is 13.8. The monoisotopic (exact) mass is 644 g/mol. The molecule has 0 aliphatic carbocycles. The molecule has 0 aliphatic heterocycles. The topological polar surface area (TPSA) is 145 Å². The van der Waals surface area contributed by atoms with E-state index < -0.39 is 17.2 Å². The lowest BCUT2D eigenvalue weighted by Gasteiger charge is -2.24. The van der Waals surface area contributed by atoms with Crippen LogP contribution in [0.1, 0.15) is 11.1 Å². The van der Waals surface area contributed by atoms with Crippen LogP contribution in [0.5, 0.6) is 0 Å². The normalized spacial score (nSPS) is 11.2. The Hall–Kier alpha value is -4.72. The Morgan fingerprint density at radius 2 is 1.87 bits per heavy atom. The minimum Gasteiger partial charge on any atom is -0.383 e. The Kier molecular flexibility index (Phi) is 9.81. The number of amides is 1. The van der Waals surface area contributed by atoms with Crippen molar-refractivity contribution in [1.29, 1.82) is 0 Å². The van der Waals surface area contributed by atoms with E-state index in [0.29, 0.717) is 15.4 Å². The number of nitrogens with zero attached hydrogens (tertiary/aromatic N) is 4. The molecule has 0 saturated heterocycles. The molecular formula is C32H32N6O5S2. The van der Waals surface area contributed by atoms with Crippen molar-refractivity contribution in [2.45, 2.75) is 25.2 Å². The number of carbonyl (C=O) groups excluding carboxylic acids is 1. The fraction of sp³-hybridized carbons (Fsp3) is 0.219. The van der Waals surface area contributed by atoms with Gasteiger partial charge in [-0.2, -0.15) is 0 Å². The first-order valence-electron chi connectivity index (χ1n) is 14.0. The number of thiophene rings is 1. The lowest BCUT2D eigenvalue weighted by Crippen LogP contribution is -2.43. The number of methoxy groups -OCH3 is 1. The van der Waals surface area contributed by atoms with E-state index in [-0.39, 0.29) is 49.1 Å². The highest BCUT2D eigenvalue weighted by atomic mass is 32.2. The molecule has 5 aromatic rings. The van der Waals surface area contributed by atoms with Crippen molar-refractivity contribution in [3.05, 3.63) is 115 Å². The van der Waals surface area contributed by atoms with Gasteiger partial charge in [0.15, 0.2) is 10.8 Å². The number of carbonyl (C=O) groups is 1. The number of allylic oxidation sites excluding steroid dienone is 1. The number of nitrogen functional groups attached to an aromatic ring is 1. The molecule has 1 amide bonds. The summed E-state index contributed by atoms with van der Waals surface area (Å²) in [5.41, 5.74) is 8.13. The van der Waals surface area contributed by atoms with E-state index in [9.17, 15) is 19.2 Å². The number of anilines is 2. The summed E-state index contributed by atoms with van der Waals surface area (Å²) < 4.78 is 7.91. The molecule has 3 heterocycles. The summed E-state index contributed by atoms with van der Waals surface area (Å²) in [5, 5.41) is 2.75. The van der Waals surface area contributed by atoms with Crippen LogP contribution in [0, 0.1) is 6.92 Å². The summed E-state index contributed by atoms with van der Waals surface area (Å²) in [7, 11) is 1.47. The van der Waals surface area contributed by atoms with Crippen molar-refractivity contribution in [2.75, 3.05) is 36.6 Å². The number of aromatic amines is 1. The van der Waals surface area contributed by atoms with Crippen molar-refractivity contribution >= 4 is 50.7 Å². The fourth-order valence-electron chi connectivity index (χ4n) is 4.86. The van der Waals surface area contributed by atoms with Crippen molar-refractivity contribution < 1.29 is 9.53 Å². The van der Waals surface area contributed by atoms with Gasteiger partial charge in [-0.3, -0.25) is 28.5 Å². The van der Waals surface area contributed by atoms with Crippen LogP contribution in [0.4, 0.5) is 11.5 Å². The number of hydrogen-bond donors (Lipinski definition) is 2. The average Bonchev–Trinajstić information content (AvgIpc) is 3.46. The molecule has 0 spiro atoms. The van der Waals surface area contributed by atoms with Crippen molar-refractivity contribution in [3.63, 3.8) is 0 Å². The van der Waals surface area contributed by atoms with Crippen LogP contribution in [0.3, 0.4) is 0 Å². The quantitative estimate of drug-likeness (QED) is 0.118. The van der Waals surface area contributed by atoms with Crippen molar-refractivity contribution in [2.24, 2.45) is 0 Å². The Morgan fingerprint density at radius 1 is 1.13 bits per heavy atom. The second-order valence-electron chi connectivity index (χ2n) is 10.2. The molecule has 11 nitrogen and oxygen atoms in total. The maximum absolute atomic E-state index is 13.8. The predicted octanol–water partition coefficient (Wildman–Crippen LogP) is 3.87. The maximum Gasteiger partial charge on any atom is 0.330 e. The average molecular weight is 645 g/mol. The summed E-state index contributed by atoms with van der Waals surface area (Å²) in [6.07, 6.45) is 1.60. The first-order chi connectivity index (χ1) is 21.7. The van der Waals surface area contributed by atoms with E-state index in [2.05, 4.69) is 11.6 Å². The van der Waals surface area contributed by atoms with Crippen molar-refractivity contribution in [1.82, 2.24) is 19.1 Å². The molecule has 3 aromatic heterocycles. The van der Waals surface area contributed by atoms with Gasteiger partial charge in [-0.05, 0) is 18.1 Å². The molecule has 0 fully saturated rings. The summed E-state index contributed by atoms with van der Waals surface area (Å²) >= 11 is 2.42. The number of H-pyrrole nitrogens is 1. The van der Waals surface area contributed by atoms with Crippen LogP contribution < -0.4 is 27.4 Å². The van der Waals surface area contributed by atoms with Crippen LogP contribution in [-0.4, -0.2) is 51.0 Å². The SMILES string of the molecule is C=CCn1c(SCC(=O)N(CCOC)c2c(N)n(Cc3ccccc3)c(=O)[nH]c2=O)nc2scc(-c3ccc(C)cc3)c2c1=O. The zero-order valence-electron chi connectivity index (χ0n) is 24.8. The number of nitrogens with two attached hydrogens (primary N) is 1. The smallest absolute Gasteiger partial charge is 0.330 e. The van der Waals surface area contributed by atoms with Gasteiger partial charge in [0.25, 0.3) is 11.1 Å². The number of rotatable bonds is 12. The van der Waals surface area contributed by atoms with Gasteiger partial charge in [-0.15, -0.1) is 17.9 Å². The van der Waals surface area contributed by atoms with Gasteiger partial charge in [-0.25, -0.2) is 9.78 Å². The van der Waals surface area contributed by atoms with Gasteiger partial charge in [-0.1, -0.05) is 78.0 Å². The number of aromatic nitrogens is 4.